The maximum Gasteiger partial charge on any atom is 0.405 e. The van der Waals surface area contributed by atoms with Crippen molar-refractivity contribution in [3.05, 3.63) is 35.9 Å². The van der Waals surface area contributed by atoms with Crippen molar-refractivity contribution in [1.82, 2.24) is 5.09 Å². The van der Waals surface area contributed by atoms with Crippen LogP contribution in [0.5, 0.6) is 0 Å². The van der Waals surface area contributed by atoms with E-state index in [0.717, 1.165) is 5.56 Å². The highest BCUT2D eigenvalue weighted by Crippen LogP contribution is 2.49. The Labute approximate surface area is 102 Å². The van der Waals surface area contributed by atoms with Gasteiger partial charge in [-0.1, -0.05) is 44.2 Å². The topological polar surface area (TPSA) is 47.6 Å². The molecule has 1 aromatic rings. The van der Waals surface area contributed by atoms with E-state index in [4.69, 9.17) is 9.05 Å². The van der Waals surface area contributed by atoms with E-state index < -0.39 is 7.75 Å². The molecule has 0 radical (unpaired) electrons. The molecule has 0 aliphatic carbocycles. The molecule has 1 saturated heterocycles. The van der Waals surface area contributed by atoms with E-state index in [1.54, 1.807) is 0 Å². The van der Waals surface area contributed by atoms with Gasteiger partial charge in [0.15, 0.2) is 0 Å². The van der Waals surface area contributed by atoms with Crippen LogP contribution in [0.25, 0.3) is 0 Å². The van der Waals surface area contributed by atoms with Crippen LogP contribution in [0.3, 0.4) is 0 Å². The van der Waals surface area contributed by atoms with Gasteiger partial charge in [-0.2, -0.15) is 0 Å². The minimum Gasteiger partial charge on any atom is -0.296 e. The second-order valence-electron chi connectivity index (χ2n) is 5.03. The van der Waals surface area contributed by atoms with Crippen molar-refractivity contribution >= 4 is 7.75 Å². The smallest absolute Gasteiger partial charge is 0.296 e. The highest BCUT2D eigenvalue weighted by molar-refractivity contribution is 7.51. The third-order valence-electron chi connectivity index (χ3n) is 2.62. The average molecular weight is 255 g/mol. The highest BCUT2D eigenvalue weighted by Gasteiger charge is 2.35. The van der Waals surface area contributed by atoms with Crippen LogP contribution < -0.4 is 5.09 Å². The van der Waals surface area contributed by atoms with Crippen molar-refractivity contribution in [2.45, 2.75) is 20.5 Å². The average Bonchev–Trinajstić information content (AvgIpc) is 2.33. The van der Waals surface area contributed by atoms with Crippen LogP contribution in [-0.4, -0.2) is 13.2 Å². The number of benzene rings is 1. The van der Waals surface area contributed by atoms with Gasteiger partial charge in [0.1, 0.15) is 0 Å². The summed E-state index contributed by atoms with van der Waals surface area (Å²) in [6.07, 6.45) is 0. The zero-order valence-corrected chi connectivity index (χ0v) is 11.1. The molecule has 0 spiro atoms. The number of rotatable bonds is 3. The quantitative estimate of drug-likeness (QED) is 0.843. The molecule has 1 fully saturated rings. The standard InChI is InChI=1S/C12H18NO3P/c1-12(2)9-13-17(14,16-10-12)15-8-11-6-4-3-5-7-11/h3-7H,8-10H2,1-2H3,(H,13,14). The Balaban J connectivity index is 1.90. The van der Waals surface area contributed by atoms with Gasteiger partial charge >= 0.3 is 7.75 Å². The molecule has 1 aliphatic rings. The normalized spacial score (nSPS) is 27.9. The van der Waals surface area contributed by atoms with Crippen molar-refractivity contribution in [2.24, 2.45) is 5.41 Å². The molecule has 4 nitrogen and oxygen atoms in total. The first-order chi connectivity index (χ1) is 7.99. The summed E-state index contributed by atoms with van der Waals surface area (Å²) in [6, 6.07) is 9.64. The fourth-order valence-corrected chi connectivity index (χ4v) is 3.20. The molecule has 5 heteroatoms. The Hall–Kier alpha value is -0.670. The molecule has 1 heterocycles. The Bertz CT molecular complexity index is 405. The van der Waals surface area contributed by atoms with Crippen molar-refractivity contribution in [1.29, 1.82) is 0 Å². The molecule has 17 heavy (non-hydrogen) atoms. The predicted octanol–water partition coefficient (Wildman–Crippen LogP) is 2.96. The Morgan fingerprint density at radius 1 is 1.41 bits per heavy atom. The van der Waals surface area contributed by atoms with Gasteiger partial charge in [-0.15, -0.1) is 0 Å². The van der Waals surface area contributed by atoms with Crippen molar-refractivity contribution in [2.75, 3.05) is 13.2 Å². The Morgan fingerprint density at radius 3 is 2.71 bits per heavy atom. The Kier molecular flexibility index (Phi) is 3.69. The van der Waals surface area contributed by atoms with E-state index in [2.05, 4.69) is 18.9 Å². The zero-order valence-electron chi connectivity index (χ0n) is 10.2. The molecule has 1 aliphatic heterocycles. The lowest BCUT2D eigenvalue weighted by Crippen LogP contribution is -2.37. The molecule has 94 valence electrons. The lowest BCUT2D eigenvalue weighted by atomic mass is 9.96. The van der Waals surface area contributed by atoms with E-state index in [9.17, 15) is 4.57 Å². The van der Waals surface area contributed by atoms with Crippen LogP contribution >= 0.6 is 7.75 Å². The van der Waals surface area contributed by atoms with Gasteiger partial charge < -0.3 is 0 Å². The first kappa shape index (κ1) is 12.8. The molecule has 2 rings (SSSR count). The number of hydrogen-bond donors (Lipinski definition) is 1. The number of nitrogens with one attached hydrogen (secondary N) is 1. The molecule has 0 saturated carbocycles. The zero-order chi connectivity index (χ0) is 12.4. The van der Waals surface area contributed by atoms with E-state index in [0.29, 0.717) is 19.8 Å². The van der Waals surface area contributed by atoms with Crippen LogP contribution in [0.15, 0.2) is 30.3 Å². The molecule has 1 aromatic carbocycles. The first-order valence-electron chi connectivity index (χ1n) is 5.67. The second-order valence-corrected chi connectivity index (χ2v) is 6.86. The molecule has 1 atom stereocenters. The first-order valence-corrected chi connectivity index (χ1v) is 7.22. The van der Waals surface area contributed by atoms with Gasteiger partial charge in [-0.25, -0.2) is 9.65 Å². The SMILES string of the molecule is CC1(C)CNP(=O)(OCc2ccccc2)OC1. The largest absolute Gasteiger partial charge is 0.405 e. The van der Waals surface area contributed by atoms with E-state index in [-0.39, 0.29) is 5.41 Å². The van der Waals surface area contributed by atoms with E-state index >= 15 is 0 Å². The fraction of sp³-hybridized carbons (Fsp3) is 0.500. The summed E-state index contributed by atoms with van der Waals surface area (Å²) in [4.78, 5) is 0. The minimum absolute atomic E-state index is 0.00399. The molecule has 1 unspecified atom stereocenters. The second kappa shape index (κ2) is 4.91. The third kappa shape index (κ3) is 3.65. The van der Waals surface area contributed by atoms with Gasteiger partial charge in [0.05, 0.1) is 13.2 Å². The lowest BCUT2D eigenvalue weighted by molar-refractivity contribution is 0.104. The van der Waals surface area contributed by atoms with Crippen LogP contribution in [-0.2, 0) is 20.2 Å². The highest BCUT2D eigenvalue weighted by atomic mass is 31.2. The predicted molar refractivity (Wildman–Crippen MR) is 66.6 cm³/mol. The lowest BCUT2D eigenvalue weighted by Gasteiger charge is -2.34. The van der Waals surface area contributed by atoms with Gasteiger partial charge in [0.25, 0.3) is 0 Å². The van der Waals surface area contributed by atoms with Crippen molar-refractivity contribution in [3.63, 3.8) is 0 Å². The monoisotopic (exact) mass is 255 g/mol. The summed E-state index contributed by atoms with van der Waals surface area (Å²) in [5.74, 6) is 0. The summed E-state index contributed by atoms with van der Waals surface area (Å²) in [5, 5.41) is 2.87. The molecule has 0 bridgehead atoms. The molecular formula is C12H18NO3P. The summed E-state index contributed by atoms with van der Waals surface area (Å²) < 4.78 is 22.8. The van der Waals surface area contributed by atoms with Gasteiger partial charge in [0, 0.05) is 12.0 Å². The summed E-state index contributed by atoms with van der Waals surface area (Å²) in [6.45, 7) is 5.50. The molecular weight excluding hydrogens is 237 g/mol. The van der Waals surface area contributed by atoms with Crippen LogP contribution in [0.2, 0.25) is 0 Å². The van der Waals surface area contributed by atoms with Crippen LogP contribution in [0, 0.1) is 5.41 Å². The molecule has 0 aromatic heterocycles. The minimum atomic E-state index is -3.11. The maximum absolute atomic E-state index is 12.1. The van der Waals surface area contributed by atoms with Crippen LogP contribution in [0.1, 0.15) is 19.4 Å². The maximum atomic E-state index is 12.1. The van der Waals surface area contributed by atoms with Gasteiger partial charge in [0.2, 0.25) is 0 Å². The fourth-order valence-electron chi connectivity index (χ4n) is 1.48. The van der Waals surface area contributed by atoms with E-state index in [1.807, 2.05) is 30.3 Å². The van der Waals surface area contributed by atoms with Gasteiger partial charge in [-0.05, 0) is 5.56 Å². The number of hydrogen-bond acceptors (Lipinski definition) is 3. The van der Waals surface area contributed by atoms with E-state index in [1.165, 1.54) is 0 Å². The van der Waals surface area contributed by atoms with Crippen molar-refractivity contribution < 1.29 is 13.6 Å². The summed E-state index contributed by atoms with van der Waals surface area (Å²) in [5.41, 5.74) is 0.988. The van der Waals surface area contributed by atoms with Crippen LogP contribution in [0.4, 0.5) is 0 Å². The molecule has 0 amide bonds. The third-order valence-corrected chi connectivity index (χ3v) is 4.10. The summed E-state index contributed by atoms with van der Waals surface area (Å²) >= 11 is 0. The molecule has 1 N–H and O–H groups in total. The van der Waals surface area contributed by atoms with Gasteiger partial charge in [-0.3, -0.25) is 9.05 Å². The summed E-state index contributed by atoms with van der Waals surface area (Å²) in [7, 11) is -3.11. The van der Waals surface area contributed by atoms with Crippen molar-refractivity contribution in [3.8, 4) is 0 Å². The Morgan fingerprint density at radius 2 is 2.12 bits per heavy atom.